The molecule has 29 heavy (non-hydrogen) atoms. The highest BCUT2D eigenvalue weighted by molar-refractivity contribution is 7.92. The van der Waals surface area contributed by atoms with Gasteiger partial charge < -0.3 is 15.4 Å². The van der Waals surface area contributed by atoms with E-state index in [-0.39, 0.29) is 5.92 Å². The lowest BCUT2D eigenvalue weighted by Crippen LogP contribution is -2.41. The van der Waals surface area contributed by atoms with Gasteiger partial charge in [-0.3, -0.25) is 4.72 Å². The van der Waals surface area contributed by atoms with Crippen LogP contribution in [0.5, 0.6) is 5.75 Å². The van der Waals surface area contributed by atoms with Gasteiger partial charge in [0.15, 0.2) is 0 Å². The lowest BCUT2D eigenvalue weighted by molar-refractivity contribution is 0.383. The first-order valence-corrected chi connectivity index (χ1v) is 12.1. The van der Waals surface area contributed by atoms with Gasteiger partial charge in [-0.15, -0.1) is 0 Å². The Bertz CT molecular complexity index is 957. The second-order valence-corrected chi connectivity index (χ2v) is 9.77. The zero-order valence-corrected chi connectivity index (χ0v) is 17.8. The molecule has 1 aliphatic heterocycles. The van der Waals surface area contributed by atoms with Crippen molar-refractivity contribution in [1.82, 2.24) is 10.6 Å². The van der Waals surface area contributed by atoms with Crippen molar-refractivity contribution >= 4 is 15.7 Å². The Hall–Kier alpha value is -2.09. The number of benzene rings is 2. The van der Waals surface area contributed by atoms with E-state index in [1.807, 2.05) is 42.5 Å². The normalized spacial score (nSPS) is 22.3. The second kappa shape index (κ2) is 8.34. The third-order valence-electron chi connectivity index (χ3n) is 5.73. The van der Waals surface area contributed by atoms with Crippen LogP contribution in [-0.4, -0.2) is 47.0 Å². The van der Waals surface area contributed by atoms with Gasteiger partial charge in [-0.05, 0) is 55.6 Å². The van der Waals surface area contributed by atoms with Crippen LogP contribution in [0.1, 0.15) is 30.7 Å². The summed E-state index contributed by atoms with van der Waals surface area (Å²) < 4.78 is 32.5. The molecule has 1 aliphatic carbocycles. The first-order valence-electron chi connectivity index (χ1n) is 10.2. The summed E-state index contributed by atoms with van der Waals surface area (Å²) in [7, 11) is -1.73. The summed E-state index contributed by atoms with van der Waals surface area (Å²) in [6.07, 6.45) is 4.47. The molecule has 0 amide bonds. The van der Waals surface area contributed by atoms with Crippen molar-refractivity contribution in [1.29, 1.82) is 0 Å². The molecule has 2 aromatic carbocycles. The highest BCUT2D eigenvalue weighted by Gasteiger charge is 2.41. The molecule has 7 heteroatoms. The van der Waals surface area contributed by atoms with E-state index in [2.05, 4.69) is 15.4 Å². The maximum Gasteiger partial charge on any atom is 0.229 e. The zero-order chi connectivity index (χ0) is 20.4. The van der Waals surface area contributed by atoms with Gasteiger partial charge in [0.05, 0.1) is 19.1 Å². The lowest BCUT2D eigenvalue weighted by Gasteiger charge is -2.24. The number of hydrogen-bond donors (Lipinski definition) is 3. The van der Waals surface area contributed by atoms with E-state index in [9.17, 15) is 8.42 Å². The van der Waals surface area contributed by atoms with E-state index in [0.717, 1.165) is 54.8 Å². The minimum Gasteiger partial charge on any atom is -0.496 e. The molecule has 2 atom stereocenters. The van der Waals surface area contributed by atoms with Gasteiger partial charge in [0.2, 0.25) is 10.0 Å². The molecule has 0 unspecified atom stereocenters. The van der Waals surface area contributed by atoms with Crippen molar-refractivity contribution < 1.29 is 13.2 Å². The molecule has 2 aliphatic rings. The zero-order valence-electron chi connectivity index (χ0n) is 16.9. The Balaban J connectivity index is 1.65. The Morgan fingerprint density at radius 3 is 2.48 bits per heavy atom. The number of ether oxygens (including phenoxy) is 1. The molecule has 1 heterocycles. The fraction of sp³-hybridized carbons (Fsp3) is 0.455. The van der Waals surface area contributed by atoms with Gasteiger partial charge in [-0.2, -0.15) is 0 Å². The van der Waals surface area contributed by atoms with Crippen molar-refractivity contribution in [2.24, 2.45) is 0 Å². The van der Waals surface area contributed by atoms with E-state index >= 15 is 0 Å². The number of rotatable bonds is 7. The number of nitrogens with one attached hydrogen (secondary N) is 3. The summed E-state index contributed by atoms with van der Waals surface area (Å²) in [6.45, 7) is 2.10. The Kier molecular flexibility index (Phi) is 5.81. The summed E-state index contributed by atoms with van der Waals surface area (Å²) in [5, 5.41) is 7.15. The van der Waals surface area contributed by atoms with Crippen LogP contribution >= 0.6 is 0 Å². The largest absolute Gasteiger partial charge is 0.496 e. The van der Waals surface area contributed by atoms with Crippen molar-refractivity contribution in [3.63, 3.8) is 0 Å². The quantitative estimate of drug-likeness (QED) is 0.648. The monoisotopic (exact) mass is 415 g/mol. The van der Waals surface area contributed by atoms with E-state index in [0.29, 0.717) is 17.8 Å². The topological polar surface area (TPSA) is 79.5 Å². The van der Waals surface area contributed by atoms with Gasteiger partial charge in [-0.25, -0.2) is 8.42 Å². The van der Waals surface area contributed by atoms with E-state index in [4.69, 9.17) is 4.74 Å². The van der Waals surface area contributed by atoms with Crippen LogP contribution in [0.3, 0.4) is 0 Å². The summed E-state index contributed by atoms with van der Waals surface area (Å²) in [4.78, 5) is 0. The summed E-state index contributed by atoms with van der Waals surface area (Å²) >= 11 is 0. The van der Waals surface area contributed by atoms with Crippen LogP contribution in [0.2, 0.25) is 0 Å². The number of methoxy groups -OCH3 is 1. The van der Waals surface area contributed by atoms with E-state index < -0.39 is 10.0 Å². The smallest absolute Gasteiger partial charge is 0.229 e. The molecular weight excluding hydrogens is 386 g/mol. The molecule has 1 saturated heterocycles. The van der Waals surface area contributed by atoms with Crippen LogP contribution in [-0.2, 0) is 10.0 Å². The lowest BCUT2D eigenvalue weighted by atomic mass is 9.98. The van der Waals surface area contributed by atoms with Gasteiger partial charge in [0.25, 0.3) is 0 Å². The molecule has 1 saturated carbocycles. The standard InChI is InChI=1S/C22H29N3O3S/c1-28-22-14-19(18-13-20(18)24-16-8-10-23-11-9-16)21(25-29(2,26)27)12-17(22)15-6-4-3-5-7-15/h3-7,12,14,16,18,20,23-25H,8-11,13H2,1-2H3/t18-,20+/m0/s1. The number of hydrogen-bond acceptors (Lipinski definition) is 5. The molecule has 6 nitrogen and oxygen atoms in total. The van der Waals surface area contributed by atoms with Crippen molar-refractivity contribution in [2.75, 3.05) is 31.2 Å². The fourth-order valence-electron chi connectivity index (χ4n) is 4.22. The second-order valence-electron chi connectivity index (χ2n) is 8.02. The Morgan fingerprint density at radius 2 is 1.83 bits per heavy atom. The third kappa shape index (κ3) is 4.91. The maximum absolute atomic E-state index is 12.0. The minimum absolute atomic E-state index is 0.285. The molecule has 0 radical (unpaired) electrons. The maximum atomic E-state index is 12.0. The summed E-state index contributed by atoms with van der Waals surface area (Å²) in [5.41, 5.74) is 3.52. The van der Waals surface area contributed by atoms with Crippen molar-refractivity contribution in [3.05, 3.63) is 48.0 Å². The van der Waals surface area contributed by atoms with Crippen LogP contribution in [0.25, 0.3) is 11.1 Å². The molecule has 4 rings (SSSR count). The predicted molar refractivity (Wildman–Crippen MR) is 117 cm³/mol. The first-order chi connectivity index (χ1) is 13.9. The molecule has 2 aromatic rings. The molecular formula is C22H29N3O3S. The van der Waals surface area contributed by atoms with Crippen LogP contribution in [0.4, 0.5) is 5.69 Å². The van der Waals surface area contributed by atoms with Gasteiger partial charge >= 0.3 is 0 Å². The fourth-order valence-corrected chi connectivity index (χ4v) is 4.79. The molecule has 0 aromatic heterocycles. The molecule has 0 bridgehead atoms. The number of anilines is 1. The summed E-state index contributed by atoms with van der Waals surface area (Å²) in [5.74, 6) is 1.05. The molecule has 3 N–H and O–H groups in total. The van der Waals surface area contributed by atoms with Crippen molar-refractivity contribution in [3.8, 4) is 16.9 Å². The summed E-state index contributed by atoms with van der Waals surface area (Å²) in [6, 6.07) is 14.7. The van der Waals surface area contributed by atoms with Crippen LogP contribution in [0, 0.1) is 0 Å². The SMILES string of the molecule is COc1cc([C@@H]2C[C@H]2NC2CCNCC2)c(NS(C)(=O)=O)cc1-c1ccccc1. The highest BCUT2D eigenvalue weighted by Crippen LogP contribution is 2.48. The molecule has 2 fully saturated rings. The predicted octanol–water partition coefficient (Wildman–Crippen LogP) is 2.93. The Morgan fingerprint density at radius 1 is 1.10 bits per heavy atom. The third-order valence-corrected chi connectivity index (χ3v) is 6.32. The van der Waals surface area contributed by atoms with Crippen LogP contribution in [0.15, 0.2) is 42.5 Å². The van der Waals surface area contributed by atoms with Gasteiger partial charge in [-0.1, -0.05) is 30.3 Å². The van der Waals surface area contributed by atoms with E-state index in [1.54, 1.807) is 7.11 Å². The van der Waals surface area contributed by atoms with Gasteiger partial charge in [0.1, 0.15) is 5.75 Å². The molecule has 156 valence electrons. The van der Waals surface area contributed by atoms with Gasteiger partial charge in [0, 0.05) is 23.6 Å². The number of piperidine rings is 1. The highest BCUT2D eigenvalue weighted by atomic mass is 32.2. The van der Waals surface area contributed by atoms with Crippen molar-refractivity contribution in [2.45, 2.75) is 37.3 Å². The van der Waals surface area contributed by atoms with E-state index in [1.165, 1.54) is 6.26 Å². The Labute approximate surface area is 173 Å². The first kappa shape index (κ1) is 20.2. The molecule has 0 spiro atoms. The average Bonchev–Trinajstić information content (AvgIpc) is 3.46. The number of sulfonamides is 1. The minimum atomic E-state index is -3.39. The van der Waals surface area contributed by atoms with Crippen LogP contribution < -0.4 is 20.1 Å². The average molecular weight is 416 g/mol.